The van der Waals surface area contributed by atoms with Crippen LogP contribution < -0.4 is 11.1 Å². The first kappa shape index (κ1) is 14.4. The standard InChI is InChI=1S/C13H23N7O/c14-5-6-15-13(21)10-2-1-7-19(8-10)9-12-16-17-18-20(12)11-3-4-11/h10-11H,1-9,14H2,(H,15,21). The van der Waals surface area contributed by atoms with Crippen molar-refractivity contribution in [2.75, 3.05) is 26.2 Å². The number of carbonyl (C=O) groups is 1. The lowest BCUT2D eigenvalue weighted by molar-refractivity contribution is -0.126. The van der Waals surface area contributed by atoms with E-state index in [-0.39, 0.29) is 11.8 Å². The van der Waals surface area contributed by atoms with Crippen molar-refractivity contribution in [3.63, 3.8) is 0 Å². The smallest absolute Gasteiger partial charge is 0.224 e. The minimum atomic E-state index is 0.0514. The van der Waals surface area contributed by atoms with Gasteiger partial charge in [-0.1, -0.05) is 0 Å². The molecule has 1 saturated carbocycles. The Morgan fingerprint density at radius 3 is 3.00 bits per heavy atom. The summed E-state index contributed by atoms with van der Waals surface area (Å²) >= 11 is 0. The molecule has 0 radical (unpaired) electrons. The molecule has 0 aromatic carbocycles. The van der Waals surface area contributed by atoms with E-state index in [0.717, 1.165) is 38.3 Å². The second-order valence-electron chi connectivity index (χ2n) is 5.92. The summed E-state index contributed by atoms with van der Waals surface area (Å²) in [5.41, 5.74) is 5.42. The van der Waals surface area contributed by atoms with Crippen molar-refractivity contribution in [3.05, 3.63) is 5.82 Å². The number of likely N-dealkylation sites (tertiary alicyclic amines) is 1. The molecule has 1 atom stereocenters. The zero-order valence-electron chi connectivity index (χ0n) is 12.2. The van der Waals surface area contributed by atoms with Crippen molar-refractivity contribution in [1.29, 1.82) is 0 Å². The first-order valence-electron chi connectivity index (χ1n) is 7.75. The van der Waals surface area contributed by atoms with Gasteiger partial charge in [0.25, 0.3) is 0 Å². The van der Waals surface area contributed by atoms with Gasteiger partial charge in [-0.05, 0) is 42.7 Å². The van der Waals surface area contributed by atoms with Crippen LogP contribution in [0.2, 0.25) is 0 Å². The lowest BCUT2D eigenvalue weighted by Crippen LogP contribution is -2.44. The quantitative estimate of drug-likeness (QED) is 0.719. The summed E-state index contributed by atoms with van der Waals surface area (Å²) in [4.78, 5) is 14.3. The predicted molar refractivity (Wildman–Crippen MR) is 76.2 cm³/mol. The van der Waals surface area contributed by atoms with Crippen LogP contribution in [0.3, 0.4) is 0 Å². The molecule has 2 aliphatic rings. The zero-order valence-corrected chi connectivity index (χ0v) is 12.2. The second-order valence-corrected chi connectivity index (χ2v) is 5.92. The van der Waals surface area contributed by atoms with E-state index in [1.54, 1.807) is 0 Å². The Bertz CT molecular complexity index is 485. The van der Waals surface area contributed by atoms with Crippen molar-refractivity contribution >= 4 is 5.91 Å². The summed E-state index contributed by atoms with van der Waals surface area (Å²) in [6.45, 7) is 3.53. The normalized spacial score (nSPS) is 23.2. The van der Waals surface area contributed by atoms with E-state index in [0.29, 0.717) is 19.1 Å². The number of piperidine rings is 1. The first-order valence-corrected chi connectivity index (χ1v) is 7.75. The van der Waals surface area contributed by atoms with Crippen LogP contribution >= 0.6 is 0 Å². The number of nitrogens with zero attached hydrogens (tertiary/aromatic N) is 5. The maximum absolute atomic E-state index is 12.1. The Kier molecular flexibility index (Phi) is 4.45. The Morgan fingerprint density at radius 2 is 2.24 bits per heavy atom. The first-order chi connectivity index (χ1) is 10.3. The molecule has 3 N–H and O–H groups in total. The summed E-state index contributed by atoms with van der Waals surface area (Å²) in [7, 11) is 0. The average molecular weight is 293 g/mol. The minimum absolute atomic E-state index is 0.0514. The molecule has 1 aliphatic heterocycles. The van der Waals surface area contributed by atoms with Gasteiger partial charge in [0.15, 0.2) is 5.82 Å². The minimum Gasteiger partial charge on any atom is -0.355 e. The fourth-order valence-electron chi connectivity index (χ4n) is 2.87. The second kappa shape index (κ2) is 6.48. The molecule has 2 heterocycles. The van der Waals surface area contributed by atoms with Gasteiger partial charge in [-0.3, -0.25) is 9.69 Å². The Morgan fingerprint density at radius 1 is 1.38 bits per heavy atom. The largest absolute Gasteiger partial charge is 0.355 e. The number of hydrogen-bond acceptors (Lipinski definition) is 6. The van der Waals surface area contributed by atoms with Crippen LogP contribution in [0.25, 0.3) is 0 Å². The molecule has 1 saturated heterocycles. The molecule has 3 rings (SSSR count). The Hall–Kier alpha value is -1.54. The molecule has 8 heteroatoms. The highest BCUT2D eigenvalue weighted by Gasteiger charge is 2.30. The maximum atomic E-state index is 12.1. The number of carbonyl (C=O) groups excluding carboxylic acids is 1. The molecule has 1 amide bonds. The van der Waals surface area contributed by atoms with Crippen LogP contribution in [0, 0.1) is 5.92 Å². The number of amides is 1. The van der Waals surface area contributed by atoms with E-state index in [9.17, 15) is 4.79 Å². The lowest BCUT2D eigenvalue weighted by atomic mass is 9.97. The highest BCUT2D eigenvalue weighted by atomic mass is 16.1. The molecular weight excluding hydrogens is 270 g/mol. The Labute approximate surface area is 124 Å². The molecule has 1 unspecified atom stereocenters. The van der Waals surface area contributed by atoms with E-state index in [1.807, 2.05) is 4.68 Å². The molecule has 1 aliphatic carbocycles. The van der Waals surface area contributed by atoms with Gasteiger partial charge >= 0.3 is 0 Å². The number of nitrogens with one attached hydrogen (secondary N) is 1. The summed E-state index contributed by atoms with van der Waals surface area (Å²) in [6.07, 6.45) is 4.32. The third-order valence-electron chi connectivity index (χ3n) is 4.14. The maximum Gasteiger partial charge on any atom is 0.224 e. The number of aromatic nitrogens is 4. The van der Waals surface area contributed by atoms with Gasteiger partial charge < -0.3 is 11.1 Å². The fraction of sp³-hybridized carbons (Fsp3) is 0.846. The van der Waals surface area contributed by atoms with Gasteiger partial charge in [-0.15, -0.1) is 5.10 Å². The highest BCUT2D eigenvalue weighted by molar-refractivity contribution is 5.78. The van der Waals surface area contributed by atoms with E-state index in [2.05, 4.69) is 25.7 Å². The van der Waals surface area contributed by atoms with Crippen LogP contribution in [-0.4, -0.2) is 57.2 Å². The van der Waals surface area contributed by atoms with E-state index < -0.39 is 0 Å². The molecule has 1 aromatic rings. The number of hydrogen-bond donors (Lipinski definition) is 2. The molecule has 116 valence electrons. The van der Waals surface area contributed by atoms with Gasteiger partial charge in [-0.25, -0.2) is 4.68 Å². The van der Waals surface area contributed by atoms with E-state index >= 15 is 0 Å². The van der Waals surface area contributed by atoms with Gasteiger partial charge in [0.2, 0.25) is 5.91 Å². The predicted octanol–water partition coefficient (Wildman–Crippen LogP) is -0.705. The summed E-state index contributed by atoms with van der Waals surface area (Å²) in [5.74, 6) is 1.09. The Balaban J connectivity index is 1.55. The number of tetrazole rings is 1. The topological polar surface area (TPSA) is 102 Å². The zero-order chi connectivity index (χ0) is 14.7. The highest BCUT2D eigenvalue weighted by Crippen LogP contribution is 2.34. The summed E-state index contributed by atoms with van der Waals surface area (Å²) < 4.78 is 1.94. The third kappa shape index (κ3) is 3.56. The molecule has 8 nitrogen and oxygen atoms in total. The van der Waals surface area contributed by atoms with Crippen LogP contribution in [-0.2, 0) is 11.3 Å². The molecule has 2 fully saturated rings. The van der Waals surface area contributed by atoms with Crippen molar-refractivity contribution in [2.24, 2.45) is 11.7 Å². The van der Waals surface area contributed by atoms with Crippen molar-refractivity contribution < 1.29 is 4.79 Å². The number of nitrogens with two attached hydrogens (primary N) is 1. The van der Waals surface area contributed by atoms with Crippen LogP contribution in [0.1, 0.15) is 37.5 Å². The monoisotopic (exact) mass is 293 g/mol. The van der Waals surface area contributed by atoms with Crippen LogP contribution in [0.4, 0.5) is 0 Å². The van der Waals surface area contributed by atoms with Crippen molar-refractivity contribution in [3.8, 4) is 0 Å². The molecule has 21 heavy (non-hydrogen) atoms. The van der Waals surface area contributed by atoms with Crippen molar-refractivity contribution in [2.45, 2.75) is 38.3 Å². The van der Waals surface area contributed by atoms with Gasteiger partial charge in [0.05, 0.1) is 18.5 Å². The molecule has 0 bridgehead atoms. The lowest BCUT2D eigenvalue weighted by Gasteiger charge is -2.31. The van der Waals surface area contributed by atoms with Gasteiger partial charge in [0.1, 0.15) is 0 Å². The van der Waals surface area contributed by atoms with Crippen LogP contribution in [0.15, 0.2) is 0 Å². The molecule has 1 aromatic heterocycles. The third-order valence-corrected chi connectivity index (χ3v) is 4.14. The fourth-order valence-corrected chi connectivity index (χ4v) is 2.87. The van der Waals surface area contributed by atoms with Gasteiger partial charge in [0, 0.05) is 19.6 Å². The molecular formula is C13H23N7O. The van der Waals surface area contributed by atoms with Crippen LogP contribution in [0.5, 0.6) is 0 Å². The average Bonchev–Trinajstić information content (AvgIpc) is 3.25. The SMILES string of the molecule is NCCNC(=O)C1CCCN(Cc2nnnn2C2CC2)C1. The summed E-state index contributed by atoms with van der Waals surface area (Å²) in [6, 6.07) is 0.489. The van der Waals surface area contributed by atoms with E-state index in [1.165, 1.54) is 12.8 Å². The number of rotatable bonds is 6. The summed E-state index contributed by atoms with van der Waals surface area (Å²) in [5, 5.41) is 14.9. The van der Waals surface area contributed by atoms with E-state index in [4.69, 9.17) is 5.73 Å². The molecule has 0 spiro atoms. The van der Waals surface area contributed by atoms with Gasteiger partial charge in [-0.2, -0.15) is 0 Å². The van der Waals surface area contributed by atoms with Crippen molar-refractivity contribution in [1.82, 2.24) is 30.4 Å².